The molecule has 2 N–H and O–H groups in total. The molecule has 1 amide bonds. The summed E-state index contributed by atoms with van der Waals surface area (Å²) >= 11 is 0. The van der Waals surface area contributed by atoms with Crippen molar-refractivity contribution in [1.82, 2.24) is 15.5 Å². The number of nitrogens with one attached hydrogen (secondary N) is 2. The van der Waals surface area contributed by atoms with Gasteiger partial charge in [-0.05, 0) is 53.0 Å². The van der Waals surface area contributed by atoms with Gasteiger partial charge in [0.05, 0.1) is 5.41 Å². The van der Waals surface area contributed by atoms with Crippen molar-refractivity contribution >= 4 is 18.3 Å². The van der Waals surface area contributed by atoms with Crippen molar-refractivity contribution in [2.75, 3.05) is 26.2 Å². The molecule has 1 atom stereocenters. The van der Waals surface area contributed by atoms with E-state index in [9.17, 15) is 4.79 Å². The zero-order chi connectivity index (χ0) is 13.9. The van der Waals surface area contributed by atoms with Gasteiger partial charge in [-0.25, -0.2) is 0 Å². The zero-order valence-corrected chi connectivity index (χ0v) is 13.9. The molecule has 20 heavy (non-hydrogen) atoms. The van der Waals surface area contributed by atoms with E-state index in [1.807, 2.05) is 0 Å². The highest BCUT2D eigenvalue weighted by Gasteiger charge is 2.36. The molecule has 0 aromatic carbocycles. The maximum absolute atomic E-state index is 12.4. The fourth-order valence-corrected chi connectivity index (χ4v) is 3.17. The molecule has 1 unspecified atom stereocenters. The summed E-state index contributed by atoms with van der Waals surface area (Å²) in [4.78, 5) is 14.9. The van der Waals surface area contributed by atoms with Crippen LogP contribution >= 0.6 is 12.4 Å². The molecule has 0 radical (unpaired) electrons. The third kappa shape index (κ3) is 4.34. The Morgan fingerprint density at radius 2 is 2.00 bits per heavy atom. The molecule has 0 aromatic rings. The zero-order valence-electron chi connectivity index (χ0n) is 13.1. The van der Waals surface area contributed by atoms with Gasteiger partial charge >= 0.3 is 0 Å². The predicted molar refractivity (Wildman–Crippen MR) is 85.3 cm³/mol. The molecule has 2 saturated heterocycles. The van der Waals surface area contributed by atoms with Crippen LogP contribution in [0, 0.1) is 5.41 Å². The maximum atomic E-state index is 12.4. The van der Waals surface area contributed by atoms with Crippen molar-refractivity contribution in [1.29, 1.82) is 0 Å². The van der Waals surface area contributed by atoms with E-state index in [4.69, 9.17) is 0 Å². The highest BCUT2D eigenvalue weighted by Crippen LogP contribution is 2.26. The first-order valence-electron chi connectivity index (χ1n) is 7.77. The maximum Gasteiger partial charge on any atom is 0.227 e. The highest BCUT2D eigenvalue weighted by molar-refractivity contribution is 5.85. The van der Waals surface area contributed by atoms with Gasteiger partial charge in [-0.1, -0.05) is 0 Å². The molecule has 2 aliphatic heterocycles. The van der Waals surface area contributed by atoms with Gasteiger partial charge in [0.2, 0.25) is 5.91 Å². The van der Waals surface area contributed by atoms with Gasteiger partial charge in [0.1, 0.15) is 0 Å². The van der Waals surface area contributed by atoms with E-state index in [-0.39, 0.29) is 23.7 Å². The van der Waals surface area contributed by atoms with Crippen LogP contribution in [0.25, 0.3) is 0 Å². The number of likely N-dealkylation sites (tertiary alicyclic amines) is 1. The van der Waals surface area contributed by atoms with Crippen LogP contribution in [0.5, 0.6) is 0 Å². The van der Waals surface area contributed by atoms with Crippen molar-refractivity contribution < 1.29 is 4.79 Å². The first kappa shape index (κ1) is 17.7. The monoisotopic (exact) mass is 303 g/mol. The van der Waals surface area contributed by atoms with Gasteiger partial charge in [0, 0.05) is 31.7 Å². The Bertz CT molecular complexity index is 308. The lowest BCUT2D eigenvalue weighted by Gasteiger charge is -2.38. The first-order valence-corrected chi connectivity index (χ1v) is 7.77. The molecule has 0 spiro atoms. The topological polar surface area (TPSA) is 44.4 Å². The lowest BCUT2D eigenvalue weighted by atomic mass is 9.81. The second kappa shape index (κ2) is 7.62. The molecule has 5 heteroatoms. The van der Waals surface area contributed by atoms with Gasteiger partial charge in [-0.15, -0.1) is 12.4 Å². The summed E-state index contributed by atoms with van der Waals surface area (Å²) in [6, 6.07) is 0.998. The van der Waals surface area contributed by atoms with Crippen LogP contribution in [-0.4, -0.2) is 49.1 Å². The number of rotatable bonds is 3. The number of carbonyl (C=O) groups excluding carboxylic acids is 1. The van der Waals surface area contributed by atoms with Crippen LogP contribution in [0.15, 0.2) is 0 Å². The van der Waals surface area contributed by atoms with E-state index in [0.29, 0.717) is 12.1 Å². The molecule has 0 aliphatic carbocycles. The summed E-state index contributed by atoms with van der Waals surface area (Å²) in [5.41, 5.74) is -0.201. The largest absolute Gasteiger partial charge is 0.353 e. The van der Waals surface area contributed by atoms with E-state index in [2.05, 4.69) is 36.3 Å². The summed E-state index contributed by atoms with van der Waals surface area (Å²) in [6.45, 7) is 10.7. The summed E-state index contributed by atoms with van der Waals surface area (Å²) in [6.07, 6.45) is 4.30. The summed E-state index contributed by atoms with van der Waals surface area (Å²) in [7, 11) is 0. The first-order chi connectivity index (χ1) is 9.01. The van der Waals surface area contributed by atoms with Crippen molar-refractivity contribution in [3.8, 4) is 0 Å². The SMILES string of the molecule is CC(C)N1CCC(NC(=O)C2(C)CCCNC2)CC1.Cl. The number of hydrogen-bond acceptors (Lipinski definition) is 3. The fraction of sp³-hybridized carbons (Fsp3) is 0.933. The number of nitrogens with zero attached hydrogens (tertiary/aromatic N) is 1. The van der Waals surface area contributed by atoms with Crippen LogP contribution in [-0.2, 0) is 4.79 Å². The Kier molecular flexibility index (Phi) is 6.76. The fourth-order valence-electron chi connectivity index (χ4n) is 3.17. The molecular weight excluding hydrogens is 274 g/mol. The highest BCUT2D eigenvalue weighted by atomic mass is 35.5. The minimum absolute atomic E-state index is 0. The minimum Gasteiger partial charge on any atom is -0.353 e. The molecule has 0 aromatic heterocycles. The third-order valence-corrected chi connectivity index (χ3v) is 4.74. The second-order valence-corrected chi connectivity index (χ2v) is 6.72. The third-order valence-electron chi connectivity index (χ3n) is 4.74. The molecule has 0 saturated carbocycles. The van der Waals surface area contributed by atoms with Crippen molar-refractivity contribution in [3.05, 3.63) is 0 Å². The van der Waals surface area contributed by atoms with Crippen LogP contribution in [0.1, 0.15) is 46.5 Å². The molecule has 2 heterocycles. The van der Waals surface area contributed by atoms with Gasteiger partial charge in [0.25, 0.3) is 0 Å². The molecule has 0 bridgehead atoms. The average Bonchev–Trinajstić information content (AvgIpc) is 2.40. The number of piperidine rings is 2. The molecule has 118 valence electrons. The van der Waals surface area contributed by atoms with Crippen LogP contribution in [0.4, 0.5) is 0 Å². The predicted octanol–water partition coefficient (Wildman–Crippen LogP) is 1.79. The normalized spacial score (nSPS) is 29.0. The Morgan fingerprint density at radius 1 is 1.35 bits per heavy atom. The standard InChI is InChI=1S/C15H29N3O.ClH/c1-12(2)18-9-5-13(6-10-18)17-14(19)15(3)7-4-8-16-11-15;/h12-13,16H,4-11H2,1-3H3,(H,17,19);1H. The van der Waals surface area contributed by atoms with Crippen molar-refractivity contribution in [2.24, 2.45) is 5.41 Å². The summed E-state index contributed by atoms with van der Waals surface area (Å²) in [5, 5.41) is 6.63. The Labute approximate surface area is 129 Å². The van der Waals surface area contributed by atoms with E-state index < -0.39 is 0 Å². The Hall–Kier alpha value is -0.320. The van der Waals surface area contributed by atoms with Crippen molar-refractivity contribution in [2.45, 2.75) is 58.5 Å². The second-order valence-electron chi connectivity index (χ2n) is 6.72. The quantitative estimate of drug-likeness (QED) is 0.835. The molecule has 2 rings (SSSR count). The minimum atomic E-state index is -0.201. The van der Waals surface area contributed by atoms with Gasteiger partial charge < -0.3 is 15.5 Å². The van der Waals surface area contributed by atoms with E-state index in [1.165, 1.54) is 0 Å². The number of carbonyl (C=O) groups is 1. The molecule has 2 aliphatic rings. The smallest absolute Gasteiger partial charge is 0.227 e. The van der Waals surface area contributed by atoms with Gasteiger partial charge in [0.15, 0.2) is 0 Å². The molecular formula is C15H30ClN3O. The van der Waals surface area contributed by atoms with Crippen LogP contribution in [0.3, 0.4) is 0 Å². The summed E-state index contributed by atoms with van der Waals surface area (Å²) in [5.74, 6) is 0.252. The van der Waals surface area contributed by atoms with Crippen LogP contribution < -0.4 is 10.6 Å². The molecule has 4 nitrogen and oxygen atoms in total. The van der Waals surface area contributed by atoms with E-state index in [1.54, 1.807) is 0 Å². The summed E-state index contributed by atoms with van der Waals surface area (Å²) < 4.78 is 0. The van der Waals surface area contributed by atoms with Crippen LogP contribution in [0.2, 0.25) is 0 Å². The Morgan fingerprint density at radius 3 is 2.50 bits per heavy atom. The lowest BCUT2D eigenvalue weighted by molar-refractivity contribution is -0.132. The van der Waals surface area contributed by atoms with E-state index in [0.717, 1.165) is 51.9 Å². The number of hydrogen-bond donors (Lipinski definition) is 2. The van der Waals surface area contributed by atoms with Gasteiger partial charge in [-0.2, -0.15) is 0 Å². The number of amides is 1. The van der Waals surface area contributed by atoms with Gasteiger partial charge in [-0.3, -0.25) is 4.79 Å². The van der Waals surface area contributed by atoms with Crippen molar-refractivity contribution in [3.63, 3.8) is 0 Å². The van der Waals surface area contributed by atoms with E-state index >= 15 is 0 Å². The lowest BCUT2D eigenvalue weighted by Crippen LogP contribution is -2.53. The average molecular weight is 304 g/mol. The number of halogens is 1. The molecule has 2 fully saturated rings. The Balaban J connectivity index is 0.00000200.